The number of rotatable bonds is 5. The minimum atomic E-state index is -4.33. The minimum Gasteiger partial charge on any atom is -0.397 e. The predicted octanol–water partition coefficient (Wildman–Crippen LogP) is 5.11. The molecule has 3 aromatic rings. The number of hydrogen-bond donors (Lipinski definition) is 2. The fraction of sp³-hybridized carbons (Fsp3) is 0.150. The number of aryl methyl sites for hydroxylation is 1. The molecule has 0 unspecified atom stereocenters. The zero-order valence-electron chi connectivity index (χ0n) is 14.7. The quantitative estimate of drug-likeness (QED) is 0.618. The molecule has 0 spiro atoms. The van der Waals surface area contributed by atoms with Crippen LogP contribution >= 0.6 is 11.6 Å². The molecule has 0 radical (unpaired) electrons. The monoisotopic (exact) mass is 406 g/mol. The van der Waals surface area contributed by atoms with E-state index < -0.39 is 19.1 Å². The van der Waals surface area contributed by atoms with Gasteiger partial charge in [-0.25, -0.2) is 4.68 Å². The fourth-order valence-electron chi connectivity index (χ4n) is 2.77. The van der Waals surface area contributed by atoms with Crippen LogP contribution in [-0.4, -0.2) is 16.0 Å². The van der Waals surface area contributed by atoms with Crippen molar-refractivity contribution < 1.29 is 13.2 Å². The van der Waals surface area contributed by atoms with Crippen LogP contribution in [0.4, 0.5) is 19.0 Å². The zero-order valence-corrected chi connectivity index (χ0v) is 15.5. The molecule has 1 aromatic heterocycles. The summed E-state index contributed by atoms with van der Waals surface area (Å²) in [7, 11) is 0. The molecule has 0 aliphatic carbocycles. The summed E-state index contributed by atoms with van der Waals surface area (Å²) in [5, 5.41) is 4.44. The Bertz CT molecular complexity index is 980. The van der Waals surface area contributed by atoms with Crippen molar-refractivity contribution in [3.63, 3.8) is 0 Å². The van der Waals surface area contributed by atoms with Crippen LogP contribution in [0.3, 0.4) is 0 Å². The second-order valence-electron chi connectivity index (χ2n) is 6.16. The topological polar surface area (TPSA) is 69.9 Å². The lowest BCUT2D eigenvalue weighted by Gasteiger charge is -2.09. The molecule has 0 atom stereocenters. The standard InChI is InChI=1S/C20H18ClF3N4/c21-16(17(25)13-7-3-1-4-8-13)15-18(14-9-5-2-6-10-14)27-28(19(15)26)12-11-20(22,23)24/h1-10H,11-12,25-26H2/b17-16+. The van der Waals surface area contributed by atoms with E-state index >= 15 is 0 Å². The third-order valence-corrected chi connectivity index (χ3v) is 4.58. The number of aromatic nitrogens is 2. The Kier molecular flexibility index (Phi) is 5.65. The molecule has 0 aliphatic rings. The van der Waals surface area contributed by atoms with Gasteiger partial charge in [0.1, 0.15) is 11.5 Å². The van der Waals surface area contributed by atoms with Crippen molar-refractivity contribution in [1.29, 1.82) is 0 Å². The highest BCUT2D eigenvalue weighted by Crippen LogP contribution is 2.38. The molecule has 3 rings (SSSR count). The first-order chi connectivity index (χ1) is 13.3. The Labute approximate surface area is 165 Å². The van der Waals surface area contributed by atoms with Gasteiger partial charge in [0.25, 0.3) is 0 Å². The van der Waals surface area contributed by atoms with E-state index in [1.54, 1.807) is 48.5 Å². The summed E-state index contributed by atoms with van der Waals surface area (Å²) in [6.07, 6.45) is -5.38. The summed E-state index contributed by atoms with van der Waals surface area (Å²) in [6.45, 7) is -0.412. The highest BCUT2D eigenvalue weighted by atomic mass is 35.5. The van der Waals surface area contributed by atoms with E-state index in [0.717, 1.165) is 4.68 Å². The summed E-state index contributed by atoms with van der Waals surface area (Å²) in [4.78, 5) is 0. The summed E-state index contributed by atoms with van der Waals surface area (Å²) >= 11 is 6.55. The van der Waals surface area contributed by atoms with Gasteiger partial charge in [-0.15, -0.1) is 0 Å². The molecule has 0 bridgehead atoms. The van der Waals surface area contributed by atoms with Gasteiger partial charge in [0, 0.05) is 5.56 Å². The Balaban J connectivity index is 2.14. The summed E-state index contributed by atoms with van der Waals surface area (Å²) in [6, 6.07) is 18.0. The van der Waals surface area contributed by atoms with E-state index in [9.17, 15) is 13.2 Å². The van der Waals surface area contributed by atoms with Gasteiger partial charge in [0.15, 0.2) is 0 Å². The lowest BCUT2D eigenvalue weighted by atomic mass is 10.0. The van der Waals surface area contributed by atoms with Crippen molar-refractivity contribution in [2.75, 3.05) is 5.73 Å². The van der Waals surface area contributed by atoms with Crippen LogP contribution in [-0.2, 0) is 6.54 Å². The SMILES string of the molecule is N/C(=C(/Cl)c1c(-c2ccccc2)nn(CCC(F)(F)F)c1N)c1ccccc1. The van der Waals surface area contributed by atoms with E-state index in [-0.39, 0.29) is 16.5 Å². The van der Waals surface area contributed by atoms with E-state index in [1.807, 2.05) is 12.1 Å². The smallest absolute Gasteiger partial charge is 0.390 e. The normalized spacial score (nSPS) is 12.7. The minimum absolute atomic E-state index is 0.0342. The first-order valence-corrected chi connectivity index (χ1v) is 8.85. The van der Waals surface area contributed by atoms with Crippen LogP contribution in [0.1, 0.15) is 17.5 Å². The van der Waals surface area contributed by atoms with E-state index in [4.69, 9.17) is 23.1 Å². The molecule has 2 aromatic carbocycles. The Morgan fingerprint density at radius 2 is 1.57 bits per heavy atom. The maximum absolute atomic E-state index is 12.7. The molecule has 0 saturated heterocycles. The fourth-order valence-corrected chi connectivity index (χ4v) is 3.07. The number of nitrogens with zero attached hydrogens (tertiary/aromatic N) is 2. The van der Waals surface area contributed by atoms with Crippen molar-refractivity contribution in [3.05, 3.63) is 71.8 Å². The van der Waals surface area contributed by atoms with Gasteiger partial charge in [-0.05, 0) is 5.56 Å². The molecule has 0 saturated carbocycles. The molecular weight excluding hydrogens is 389 g/mol. The van der Waals surface area contributed by atoms with E-state index in [2.05, 4.69) is 5.10 Å². The zero-order chi connectivity index (χ0) is 20.3. The second-order valence-corrected chi connectivity index (χ2v) is 6.53. The largest absolute Gasteiger partial charge is 0.397 e. The molecule has 8 heteroatoms. The number of hydrogen-bond acceptors (Lipinski definition) is 3. The second kappa shape index (κ2) is 7.98. The third kappa shape index (κ3) is 4.31. The maximum Gasteiger partial charge on any atom is 0.390 e. The van der Waals surface area contributed by atoms with E-state index in [0.29, 0.717) is 22.4 Å². The van der Waals surface area contributed by atoms with Crippen LogP contribution in [0.25, 0.3) is 22.0 Å². The Morgan fingerprint density at radius 3 is 2.14 bits per heavy atom. The predicted molar refractivity (Wildman–Crippen MR) is 106 cm³/mol. The number of alkyl halides is 3. The van der Waals surface area contributed by atoms with E-state index in [1.165, 1.54) is 0 Å². The molecule has 0 fully saturated rings. The average molecular weight is 407 g/mol. The van der Waals surface area contributed by atoms with Gasteiger partial charge < -0.3 is 11.5 Å². The lowest BCUT2D eigenvalue weighted by Crippen LogP contribution is -2.14. The van der Waals surface area contributed by atoms with Crippen molar-refractivity contribution in [1.82, 2.24) is 9.78 Å². The van der Waals surface area contributed by atoms with Crippen LogP contribution in [0.15, 0.2) is 60.7 Å². The van der Waals surface area contributed by atoms with Gasteiger partial charge in [0.2, 0.25) is 0 Å². The van der Waals surface area contributed by atoms with Crippen LogP contribution in [0, 0.1) is 0 Å². The Morgan fingerprint density at radius 1 is 1.00 bits per heavy atom. The highest BCUT2D eigenvalue weighted by Gasteiger charge is 2.29. The average Bonchev–Trinajstić information content (AvgIpc) is 3.02. The van der Waals surface area contributed by atoms with Crippen molar-refractivity contribution >= 4 is 28.1 Å². The molecule has 4 N–H and O–H groups in total. The molecule has 0 aliphatic heterocycles. The van der Waals surface area contributed by atoms with Crippen LogP contribution < -0.4 is 11.5 Å². The lowest BCUT2D eigenvalue weighted by molar-refractivity contribution is -0.137. The van der Waals surface area contributed by atoms with Crippen molar-refractivity contribution in [3.8, 4) is 11.3 Å². The number of nitrogen functional groups attached to an aromatic ring is 1. The first kappa shape index (κ1) is 19.8. The van der Waals surface area contributed by atoms with Crippen molar-refractivity contribution in [2.24, 2.45) is 5.73 Å². The summed E-state index contributed by atoms with van der Waals surface area (Å²) in [5.41, 5.74) is 14.7. The molecule has 0 amide bonds. The molecular formula is C20H18ClF3N4. The highest BCUT2D eigenvalue weighted by molar-refractivity contribution is 6.53. The number of nitrogens with two attached hydrogens (primary N) is 2. The molecule has 4 nitrogen and oxygen atoms in total. The van der Waals surface area contributed by atoms with Crippen LogP contribution in [0.2, 0.25) is 0 Å². The van der Waals surface area contributed by atoms with Gasteiger partial charge in [-0.2, -0.15) is 18.3 Å². The first-order valence-electron chi connectivity index (χ1n) is 8.47. The molecule has 28 heavy (non-hydrogen) atoms. The third-order valence-electron chi connectivity index (χ3n) is 4.19. The molecule has 1 heterocycles. The van der Waals surface area contributed by atoms with Gasteiger partial charge in [-0.3, -0.25) is 0 Å². The van der Waals surface area contributed by atoms with Crippen LogP contribution in [0.5, 0.6) is 0 Å². The van der Waals surface area contributed by atoms with Gasteiger partial charge >= 0.3 is 6.18 Å². The Hall–Kier alpha value is -2.93. The number of benzene rings is 2. The number of anilines is 1. The summed E-state index contributed by atoms with van der Waals surface area (Å²) < 4.78 is 39.1. The molecule has 146 valence electrons. The summed E-state index contributed by atoms with van der Waals surface area (Å²) in [5.74, 6) is 0.0342. The maximum atomic E-state index is 12.7. The van der Waals surface area contributed by atoms with Crippen molar-refractivity contribution in [2.45, 2.75) is 19.1 Å². The van der Waals surface area contributed by atoms with Gasteiger partial charge in [0.05, 0.1) is 29.3 Å². The number of halogens is 4. The van der Waals surface area contributed by atoms with Gasteiger partial charge in [-0.1, -0.05) is 72.3 Å².